The summed E-state index contributed by atoms with van der Waals surface area (Å²) in [5, 5.41) is 7.12. The van der Waals surface area contributed by atoms with Gasteiger partial charge in [-0.25, -0.2) is 4.79 Å². The minimum atomic E-state index is -0.379. The second kappa shape index (κ2) is 6.03. The molecule has 0 aliphatic heterocycles. The molecule has 0 bridgehead atoms. The third kappa shape index (κ3) is 3.99. The molecule has 0 saturated carbocycles. The maximum atomic E-state index is 11.1. The molecular weight excluding hydrogens is 216 g/mol. The van der Waals surface area contributed by atoms with Crippen molar-refractivity contribution >= 4 is 24.2 Å². The van der Waals surface area contributed by atoms with E-state index in [1.165, 1.54) is 7.11 Å². The molecular formula is C10H13ClN2O2. The minimum Gasteiger partial charge on any atom is -0.465 e. The number of nitrogens with one attached hydrogen (secondary N) is 1. The van der Waals surface area contributed by atoms with Crippen LogP contribution in [-0.2, 0) is 11.2 Å². The van der Waals surface area contributed by atoms with Gasteiger partial charge in [-0.15, -0.1) is 12.4 Å². The molecule has 0 aliphatic rings. The first kappa shape index (κ1) is 13.4. The number of ether oxygens (including phenoxy) is 1. The number of benzene rings is 1. The molecule has 5 heteroatoms. The van der Waals surface area contributed by atoms with Crippen molar-refractivity contribution in [3.05, 3.63) is 35.4 Å². The number of nitrogens with two attached hydrogens (primary N) is 1. The van der Waals surface area contributed by atoms with Crippen molar-refractivity contribution in [1.29, 1.82) is 5.41 Å². The molecule has 3 N–H and O–H groups in total. The zero-order valence-electron chi connectivity index (χ0n) is 8.32. The van der Waals surface area contributed by atoms with Gasteiger partial charge in [0.25, 0.3) is 0 Å². The van der Waals surface area contributed by atoms with Gasteiger partial charge in [0.05, 0.1) is 18.5 Å². The lowest BCUT2D eigenvalue weighted by molar-refractivity contribution is 0.0600. The van der Waals surface area contributed by atoms with Crippen LogP contribution in [0.3, 0.4) is 0 Å². The highest BCUT2D eigenvalue weighted by Gasteiger charge is 2.05. The number of hydrogen-bond donors (Lipinski definition) is 2. The molecule has 0 aromatic heterocycles. The zero-order valence-corrected chi connectivity index (χ0v) is 9.14. The Morgan fingerprint density at radius 2 is 2.20 bits per heavy atom. The summed E-state index contributed by atoms with van der Waals surface area (Å²) < 4.78 is 4.57. The van der Waals surface area contributed by atoms with Gasteiger partial charge in [-0.1, -0.05) is 12.1 Å². The number of esters is 1. The van der Waals surface area contributed by atoms with Gasteiger partial charge >= 0.3 is 5.97 Å². The smallest absolute Gasteiger partial charge is 0.337 e. The van der Waals surface area contributed by atoms with Crippen LogP contribution in [0.1, 0.15) is 15.9 Å². The number of rotatable bonds is 3. The third-order valence-electron chi connectivity index (χ3n) is 1.74. The number of carbonyl (C=O) groups excluding carboxylic acids is 1. The van der Waals surface area contributed by atoms with Gasteiger partial charge in [-0.3, -0.25) is 5.41 Å². The molecule has 0 amide bonds. The van der Waals surface area contributed by atoms with Crippen LogP contribution in [-0.4, -0.2) is 18.9 Å². The van der Waals surface area contributed by atoms with Crippen molar-refractivity contribution < 1.29 is 9.53 Å². The number of halogens is 1. The van der Waals surface area contributed by atoms with Gasteiger partial charge in [0.1, 0.15) is 0 Å². The Morgan fingerprint density at radius 3 is 2.73 bits per heavy atom. The maximum Gasteiger partial charge on any atom is 0.337 e. The van der Waals surface area contributed by atoms with Gasteiger partial charge in [0, 0.05) is 6.42 Å². The molecule has 1 rings (SSSR count). The van der Waals surface area contributed by atoms with Crippen LogP contribution < -0.4 is 5.73 Å². The van der Waals surface area contributed by atoms with E-state index in [0.717, 1.165) is 5.56 Å². The van der Waals surface area contributed by atoms with Crippen molar-refractivity contribution in [2.75, 3.05) is 7.11 Å². The molecule has 0 atom stereocenters. The van der Waals surface area contributed by atoms with Crippen molar-refractivity contribution in [1.82, 2.24) is 0 Å². The Hall–Kier alpha value is -1.55. The van der Waals surface area contributed by atoms with Gasteiger partial charge < -0.3 is 10.5 Å². The summed E-state index contributed by atoms with van der Waals surface area (Å²) >= 11 is 0. The van der Waals surface area contributed by atoms with Gasteiger partial charge in [0.15, 0.2) is 0 Å². The molecule has 15 heavy (non-hydrogen) atoms. The van der Waals surface area contributed by atoms with Crippen LogP contribution in [0.5, 0.6) is 0 Å². The van der Waals surface area contributed by atoms with Crippen LogP contribution in [0.2, 0.25) is 0 Å². The first-order valence-corrected chi connectivity index (χ1v) is 4.13. The molecule has 0 radical (unpaired) electrons. The average molecular weight is 229 g/mol. The molecule has 0 saturated heterocycles. The molecule has 82 valence electrons. The van der Waals surface area contributed by atoms with Crippen LogP contribution in [0.15, 0.2) is 24.3 Å². The van der Waals surface area contributed by atoms with E-state index in [1.54, 1.807) is 18.2 Å². The van der Waals surface area contributed by atoms with E-state index in [2.05, 4.69) is 4.74 Å². The van der Waals surface area contributed by atoms with Gasteiger partial charge in [-0.05, 0) is 17.7 Å². The van der Waals surface area contributed by atoms with Crippen LogP contribution in [0, 0.1) is 5.41 Å². The second-order valence-electron chi connectivity index (χ2n) is 2.89. The van der Waals surface area contributed by atoms with E-state index in [1.807, 2.05) is 6.07 Å². The first-order valence-electron chi connectivity index (χ1n) is 4.13. The van der Waals surface area contributed by atoms with Crippen molar-refractivity contribution in [2.24, 2.45) is 5.73 Å². The molecule has 1 aromatic carbocycles. The fourth-order valence-electron chi connectivity index (χ4n) is 1.15. The third-order valence-corrected chi connectivity index (χ3v) is 1.74. The summed E-state index contributed by atoms with van der Waals surface area (Å²) in [4.78, 5) is 11.1. The number of amidine groups is 1. The fraction of sp³-hybridized carbons (Fsp3) is 0.200. The van der Waals surface area contributed by atoms with E-state index in [-0.39, 0.29) is 24.2 Å². The maximum absolute atomic E-state index is 11.1. The van der Waals surface area contributed by atoms with Crippen LogP contribution in [0.4, 0.5) is 0 Å². The largest absolute Gasteiger partial charge is 0.465 e. The number of hydrogen-bond acceptors (Lipinski definition) is 3. The Morgan fingerprint density at radius 1 is 1.53 bits per heavy atom. The SMILES string of the molecule is COC(=O)c1cccc(CC(=N)N)c1.Cl. The highest BCUT2D eigenvalue weighted by Crippen LogP contribution is 2.06. The summed E-state index contributed by atoms with van der Waals surface area (Å²) in [6.45, 7) is 0. The van der Waals surface area contributed by atoms with E-state index in [0.29, 0.717) is 12.0 Å². The van der Waals surface area contributed by atoms with E-state index < -0.39 is 0 Å². The van der Waals surface area contributed by atoms with Crippen molar-refractivity contribution in [2.45, 2.75) is 6.42 Å². The quantitative estimate of drug-likeness (QED) is 0.466. The predicted octanol–water partition coefficient (Wildman–Crippen LogP) is 1.37. The van der Waals surface area contributed by atoms with Crippen molar-refractivity contribution in [3.63, 3.8) is 0 Å². The molecule has 0 aliphatic carbocycles. The van der Waals surface area contributed by atoms with Crippen molar-refractivity contribution in [3.8, 4) is 0 Å². The van der Waals surface area contributed by atoms with Crippen LogP contribution >= 0.6 is 12.4 Å². The Kier molecular flexibility index (Phi) is 5.41. The normalized spacial score (nSPS) is 8.87. The Labute approximate surface area is 94.3 Å². The van der Waals surface area contributed by atoms with E-state index in [9.17, 15) is 4.79 Å². The number of methoxy groups -OCH3 is 1. The molecule has 4 nitrogen and oxygen atoms in total. The lowest BCUT2D eigenvalue weighted by Crippen LogP contribution is -2.13. The van der Waals surface area contributed by atoms with E-state index >= 15 is 0 Å². The second-order valence-corrected chi connectivity index (χ2v) is 2.89. The zero-order chi connectivity index (χ0) is 10.6. The van der Waals surface area contributed by atoms with Crippen LogP contribution in [0.25, 0.3) is 0 Å². The minimum absolute atomic E-state index is 0. The lowest BCUT2D eigenvalue weighted by Gasteiger charge is -2.02. The summed E-state index contributed by atoms with van der Waals surface area (Å²) in [5.41, 5.74) is 6.56. The Bertz CT molecular complexity index is 366. The summed E-state index contributed by atoms with van der Waals surface area (Å²) in [6, 6.07) is 6.89. The lowest BCUT2D eigenvalue weighted by atomic mass is 10.1. The number of carbonyl (C=O) groups is 1. The molecule has 0 fully saturated rings. The fourth-order valence-corrected chi connectivity index (χ4v) is 1.15. The standard InChI is InChI=1S/C10H12N2O2.ClH/c1-14-10(13)8-4-2-3-7(5-8)6-9(11)12;/h2-5H,6H2,1H3,(H3,11,12);1H. The highest BCUT2D eigenvalue weighted by molar-refractivity contribution is 5.90. The van der Waals surface area contributed by atoms with Gasteiger partial charge in [0.2, 0.25) is 0 Å². The van der Waals surface area contributed by atoms with E-state index in [4.69, 9.17) is 11.1 Å². The topological polar surface area (TPSA) is 76.2 Å². The monoisotopic (exact) mass is 228 g/mol. The molecule has 0 spiro atoms. The van der Waals surface area contributed by atoms with Gasteiger partial charge in [-0.2, -0.15) is 0 Å². The average Bonchev–Trinajstić information content (AvgIpc) is 2.16. The summed E-state index contributed by atoms with van der Waals surface area (Å²) in [6.07, 6.45) is 0.352. The predicted molar refractivity (Wildman–Crippen MR) is 60.6 cm³/mol. The molecule has 0 heterocycles. The molecule has 0 unspecified atom stereocenters. The Balaban J connectivity index is 0.00000196. The summed E-state index contributed by atoms with van der Waals surface area (Å²) in [5.74, 6) is -0.303. The molecule has 1 aromatic rings. The highest BCUT2D eigenvalue weighted by atomic mass is 35.5. The first-order chi connectivity index (χ1) is 6.63. The summed E-state index contributed by atoms with van der Waals surface area (Å²) in [7, 11) is 1.33.